The van der Waals surface area contributed by atoms with Crippen molar-refractivity contribution in [3.8, 4) is 17.1 Å². The summed E-state index contributed by atoms with van der Waals surface area (Å²) in [5, 5.41) is 4.52. The largest absolute Gasteiger partial charge is 0.475 e. The number of benzene rings is 1. The monoisotopic (exact) mass is 361 g/mol. The summed E-state index contributed by atoms with van der Waals surface area (Å²) < 4.78 is 27.1. The highest BCUT2D eigenvalue weighted by molar-refractivity contribution is 5.68. The molecular weight excluding hydrogens is 337 g/mol. The van der Waals surface area contributed by atoms with E-state index in [1.807, 2.05) is 27.7 Å². The summed E-state index contributed by atoms with van der Waals surface area (Å²) in [6.07, 6.45) is -0.409. The third-order valence-corrected chi connectivity index (χ3v) is 4.29. The molecule has 1 aromatic carbocycles. The van der Waals surface area contributed by atoms with Gasteiger partial charge in [0, 0.05) is 18.2 Å². The first-order valence-corrected chi connectivity index (χ1v) is 8.58. The Kier molecular flexibility index (Phi) is 4.64. The minimum Gasteiger partial charge on any atom is -0.475 e. The van der Waals surface area contributed by atoms with Crippen LogP contribution in [0.1, 0.15) is 26.3 Å². The topological polar surface area (TPSA) is 56.6 Å². The first-order valence-electron chi connectivity index (χ1n) is 8.58. The van der Waals surface area contributed by atoms with Crippen LogP contribution in [-0.2, 0) is 11.3 Å². The van der Waals surface area contributed by atoms with E-state index in [0.717, 1.165) is 5.56 Å². The molecule has 0 saturated carbocycles. The molecule has 0 bridgehead atoms. The maximum absolute atomic E-state index is 14.1. The molecule has 1 aliphatic heterocycles. The van der Waals surface area contributed by atoms with E-state index in [2.05, 4.69) is 5.10 Å². The van der Waals surface area contributed by atoms with Crippen molar-refractivity contribution < 1.29 is 18.7 Å². The van der Waals surface area contributed by atoms with Crippen LogP contribution < -0.4 is 4.74 Å². The second-order valence-corrected chi connectivity index (χ2v) is 7.50. The van der Waals surface area contributed by atoms with Crippen LogP contribution in [0.25, 0.3) is 11.3 Å². The summed E-state index contributed by atoms with van der Waals surface area (Å²) in [4.78, 5) is 13.8. The molecule has 26 heavy (non-hydrogen) atoms. The Bertz CT molecular complexity index is 826. The van der Waals surface area contributed by atoms with Crippen LogP contribution in [-0.4, -0.2) is 46.1 Å². The van der Waals surface area contributed by atoms with E-state index in [1.165, 1.54) is 11.0 Å². The molecule has 0 fully saturated rings. The number of aromatic nitrogens is 2. The molecule has 2 aromatic rings. The van der Waals surface area contributed by atoms with Crippen molar-refractivity contribution in [3.63, 3.8) is 0 Å². The normalized spacial score (nSPS) is 16.6. The molecule has 7 heteroatoms. The summed E-state index contributed by atoms with van der Waals surface area (Å²) in [6, 6.07) is 6.31. The molecule has 0 aliphatic carbocycles. The SMILES string of the molecule is Cc1c(-c2ccccc2F)nn2c1OCC(N(C)C(=O)OC(C)(C)C)C2. The lowest BCUT2D eigenvalue weighted by Gasteiger charge is -2.33. The summed E-state index contributed by atoms with van der Waals surface area (Å²) in [6.45, 7) is 8.13. The Hall–Kier alpha value is -2.57. The molecule has 1 atom stereocenters. The van der Waals surface area contributed by atoms with Crippen LogP contribution in [0.2, 0.25) is 0 Å². The van der Waals surface area contributed by atoms with Gasteiger partial charge in [-0.15, -0.1) is 0 Å². The van der Waals surface area contributed by atoms with Gasteiger partial charge in [-0.05, 0) is 39.8 Å². The van der Waals surface area contributed by atoms with Gasteiger partial charge in [-0.3, -0.25) is 0 Å². The fourth-order valence-corrected chi connectivity index (χ4v) is 2.90. The number of amides is 1. The van der Waals surface area contributed by atoms with Crippen LogP contribution in [0.3, 0.4) is 0 Å². The molecule has 140 valence electrons. The van der Waals surface area contributed by atoms with Crippen molar-refractivity contribution in [2.75, 3.05) is 13.7 Å². The number of hydrogen-bond donors (Lipinski definition) is 0. The van der Waals surface area contributed by atoms with Crippen molar-refractivity contribution >= 4 is 6.09 Å². The average molecular weight is 361 g/mol. The average Bonchev–Trinajstić information content (AvgIpc) is 2.89. The Balaban J connectivity index is 1.82. The van der Waals surface area contributed by atoms with E-state index in [1.54, 1.807) is 29.9 Å². The number of ether oxygens (including phenoxy) is 2. The highest BCUT2D eigenvalue weighted by Crippen LogP contribution is 2.33. The van der Waals surface area contributed by atoms with Crippen LogP contribution in [0, 0.1) is 12.7 Å². The number of hydrogen-bond acceptors (Lipinski definition) is 4. The van der Waals surface area contributed by atoms with E-state index in [-0.39, 0.29) is 11.9 Å². The predicted molar refractivity (Wildman–Crippen MR) is 95.6 cm³/mol. The molecule has 0 N–H and O–H groups in total. The summed E-state index contributed by atoms with van der Waals surface area (Å²) in [5.41, 5.74) is 1.21. The van der Waals surface area contributed by atoms with E-state index < -0.39 is 11.7 Å². The molecule has 2 heterocycles. The van der Waals surface area contributed by atoms with Gasteiger partial charge in [-0.2, -0.15) is 5.10 Å². The zero-order valence-electron chi connectivity index (χ0n) is 15.7. The van der Waals surface area contributed by atoms with Gasteiger partial charge >= 0.3 is 6.09 Å². The molecule has 0 spiro atoms. The smallest absolute Gasteiger partial charge is 0.410 e. The van der Waals surface area contributed by atoms with Gasteiger partial charge in [0.2, 0.25) is 5.88 Å². The van der Waals surface area contributed by atoms with Gasteiger partial charge in [0.25, 0.3) is 0 Å². The quantitative estimate of drug-likeness (QED) is 0.820. The van der Waals surface area contributed by atoms with Crippen molar-refractivity contribution in [3.05, 3.63) is 35.6 Å². The Labute approximate surface area is 152 Å². The lowest BCUT2D eigenvalue weighted by atomic mass is 10.1. The molecule has 1 aromatic heterocycles. The first kappa shape index (κ1) is 18.2. The highest BCUT2D eigenvalue weighted by atomic mass is 19.1. The third kappa shape index (κ3) is 3.52. The third-order valence-electron chi connectivity index (χ3n) is 4.29. The van der Waals surface area contributed by atoms with Crippen LogP contribution in [0.4, 0.5) is 9.18 Å². The number of likely N-dealkylation sites (N-methyl/N-ethyl adjacent to an activating group) is 1. The van der Waals surface area contributed by atoms with E-state index >= 15 is 0 Å². The first-order chi connectivity index (χ1) is 12.2. The highest BCUT2D eigenvalue weighted by Gasteiger charge is 2.32. The second kappa shape index (κ2) is 6.63. The van der Waals surface area contributed by atoms with Gasteiger partial charge in [0.15, 0.2) is 0 Å². The van der Waals surface area contributed by atoms with Gasteiger partial charge in [0.05, 0.1) is 12.6 Å². The molecular formula is C19H24FN3O3. The number of rotatable bonds is 2. The minimum absolute atomic E-state index is 0.217. The number of halogens is 1. The number of carbonyl (C=O) groups excluding carboxylic acids is 1. The summed E-state index contributed by atoms with van der Waals surface area (Å²) in [5.74, 6) is 0.283. The number of nitrogens with zero attached hydrogens (tertiary/aromatic N) is 3. The fraction of sp³-hybridized carbons (Fsp3) is 0.474. The van der Waals surface area contributed by atoms with Crippen molar-refractivity contribution in [2.24, 2.45) is 0 Å². The lowest BCUT2D eigenvalue weighted by molar-refractivity contribution is 0.0104. The predicted octanol–water partition coefficient (Wildman–Crippen LogP) is 3.63. The Morgan fingerprint density at radius 2 is 2.08 bits per heavy atom. The number of fused-ring (bicyclic) bond motifs is 1. The Morgan fingerprint density at radius 3 is 2.73 bits per heavy atom. The number of carbonyl (C=O) groups is 1. The van der Waals surface area contributed by atoms with Crippen molar-refractivity contribution in [1.82, 2.24) is 14.7 Å². The zero-order chi connectivity index (χ0) is 19.1. The molecule has 1 aliphatic rings. The fourth-order valence-electron chi connectivity index (χ4n) is 2.90. The van der Waals surface area contributed by atoms with Crippen LogP contribution >= 0.6 is 0 Å². The van der Waals surface area contributed by atoms with Crippen LogP contribution in [0.15, 0.2) is 24.3 Å². The minimum atomic E-state index is -0.563. The molecule has 1 unspecified atom stereocenters. The van der Waals surface area contributed by atoms with Gasteiger partial charge < -0.3 is 14.4 Å². The maximum Gasteiger partial charge on any atom is 0.410 e. The molecule has 1 amide bonds. The zero-order valence-corrected chi connectivity index (χ0v) is 15.7. The Morgan fingerprint density at radius 1 is 1.38 bits per heavy atom. The molecule has 3 rings (SSSR count). The van der Waals surface area contributed by atoms with Gasteiger partial charge in [0.1, 0.15) is 23.7 Å². The van der Waals surface area contributed by atoms with Gasteiger partial charge in [-0.25, -0.2) is 13.9 Å². The molecule has 0 saturated heterocycles. The summed E-state index contributed by atoms with van der Waals surface area (Å²) in [7, 11) is 1.68. The lowest BCUT2D eigenvalue weighted by Crippen LogP contribution is -2.47. The van der Waals surface area contributed by atoms with Gasteiger partial charge in [-0.1, -0.05) is 12.1 Å². The van der Waals surface area contributed by atoms with Crippen molar-refractivity contribution in [1.29, 1.82) is 0 Å². The standard InChI is InChI=1S/C19H24FN3O3/c1-12-16(14-8-6-7-9-15(14)20)21-23-10-13(11-25-17(12)23)22(5)18(24)26-19(2,3)4/h6-9,13H,10-11H2,1-5H3. The van der Waals surface area contributed by atoms with E-state index in [9.17, 15) is 9.18 Å². The van der Waals surface area contributed by atoms with Crippen molar-refractivity contribution in [2.45, 2.75) is 45.9 Å². The van der Waals surface area contributed by atoms with Crippen LogP contribution in [0.5, 0.6) is 5.88 Å². The van der Waals surface area contributed by atoms with E-state index in [4.69, 9.17) is 9.47 Å². The van der Waals surface area contributed by atoms with E-state index in [0.29, 0.717) is 30.3 Å². The maximum atomic E-state index is 14.1. The molecule has 0 radical (unpaired) electrons. The molecule has 6 nitrogen and oxygen atoms in total. The summed E-state index contributed by atoms with van der Waals surface area (Å²) >= 11 is 0. The second-order valence-electron chi connectivity index (χ2n) is 7.50.